The van der Waals surface area contributed by atoms with Crippen LogP contribution in [0.3, 0.4) is 0 Å². The Labute approximate surface area is 94.8 Å². The first-order valence-electron chi connectivity index (χ1n) is 5.28. The van der Waals surface area contributed by atoms with Crippen molar-refractivity contribution >= 4 is 11.6 Å². The molecule has 15 heavy (non-hydrogen) atoms. The van der Waals surface area contributed by atoms with Crippen LogP contribution in [0.2, 0.25) is 5.02 Å². The van der Waals surface area contributed by atoms with Crippen molar-refractivity contribution in [2.24, 2.45) is 5.92 Å². The summed E-state index contributed by atoms with van der Waals surface area (Å²) in [6, 6.07) is 7.42. The fourth-order valence-electron chi connectivity index (χ4n) is 1.96. The first-order valence-corrected chi connectivity index (χ1v) is 5.66. The lowest BCUT2D eigenvalue weighted by Crippen LogP contribution is -2.21. The standard InChI is InChI=1S/C12H15ClO2/c13-11-3-1-9(2-4-11)12(14)10-5-7-15-8-6-10/h1-4,10,12,14H,5-8H2/t12-/m1/s1. The third kappa shape index (κ3) is 2.71. The topological polar surface area (TPSA) is 29.5 Å². The molecule has 0 amide bonds. The van der Waals surface area contributed by atoms with Gasteiger partial charge in [0, 0.05) is 18.2 Å². The largest absolute Gasteiger partial charge is 0.388 e. The summed E-state index contributed by atoms with van der Waals surface area (Å²) in [5, 5.41) is 10.8. The molecule has 3 heteroatoms. The molecule has 82 valence electrons. The summed E-state index contributed by atoms with van der Waals surface area (Å²) in [7, 11) is 0. The number of ether oxygens (including phenoxy) is 1. The van der Waals surface area contributed by atoms with E-state index in [0.717, 1.165) is 31.6 Å². The van der Waals surface area contributed by atoms with Gasteiger partial charge in [-0.2, -0.15) is 0 Å². The summed E-state index contributed by atoms with van der Waals surface area (Å²) in [6.07, 6.45) is 1.49. The molecule has 0 unspecified atom stereocenters. The van der Waals surface area contributed by atoms with Crippen LogP contribution in [-0.2, 0) is 4.74 Å². The average molecular weight is 227 g/mol. The molecule has 0 aliphatic carbocycles. The molecule has 1 saturated heterocycles. The minimum atomic E-state index is -0.383. The van der Waals surface area contributed by atoms with E-state index in [1.165, 1.54) is 0 Å². The maximum absolute atomic E-state index is 10.1. The zero-order chi connectivity index (χ0) is 10.7. The van der Waals surface area contributed by atoms with Crippen LogP contribution in [0.15, 0.2) is 24.3 Å². The van der Waals surface area contributed by atoms with Gasteiger partial charge in [-0.05, 0) is 36.5 Å². The van der Waals surface area contributed by atoms with Gasteiger partial charge in [-0.1, -0.05) is 23.7 Å². The highest BCUT2D eigenvalue weighted by atomic mass is 35.5. The number of hydrogen-bond acceptors (Lipinski definition) is 2. The van der Waals surface area contributed by atoms with E-state index in [2.05, 4.69) is 0 Å². The highest BCUT2D eigenvalue weighted by Crippen LogP contribution is 2.30. The van der Waals surface area contributed by atoms with Crippen molar-refractivity contribution in [3.8, 4) is 0 Å². The van der Waals surface area contributed by atoms with Gasteiger partial charge in [0.05, 0.1) is 6.10 Å². The Bertz CT molecular complexity index is 304. The molecule has 1 fully saturated rings. The smallest absolute Gasteiger partial charge is 0.0819 e. The minimum Gasteiger partial charge on any atom is -0.388 e. The molecule has 0 radical (unpaired) electrons. The van der Waals surface area contributed by atoms with Crippen LogP contribution in [0.1, 0.15) is 24.5 Å². The molecule has 0 saturated carbocycles. The van der Waals surface area contributed by atoms with Gasteiger partial charge in [-0.15, -0.1) is 0 Å². The SMILES string of the molecule is O[C@H](c1ccc(Cl)cc1)C1CCOCC1. The van der Waals surface area contributed by atoms with Gasteiger partial charge in [0.15, 0.2) is 0 Å². The Kier molecular flexibility index (Phi) is 3.62. The number of hydrogen-bond donors (Lipinski definition) is 1. The van der Waals surface area contributed by atoms with Crippen molar-refractivity contribution in [2.75, 3.05) is 13.2 Å². The van der Waals surface area contributed by atoms with Crippen molar-refractivity contribution in [2.45, 2.75) is 18.9 Å². The van der Waals surface area contributed by atoms with E-state index >= 15 is 0 Å². The van der Waals surface area contributed by atoms with Crippen molar-refractivity contribution < 1.29 is 9.84 Å². The van der Waals surface area contributed by atoms with E-state index in [9.17, 15) is 5.11 Å². The molecule has 1 atom stereocenters. The summed E-state index contributed by atoms with van der Waals surface area (Å²) in [4.78, 5) is 0. The molecule has 1 aromatic rings. The first kappa shape index (κ1) is 10.9. The fraction of sp³-hybridized carbons (Fsp3) is 0.500. The van der Waals surface area contributed by atoms with Gasteiger partial charge in [0.25, 0.3) is 0 Å². The van der Waals surface area contributed by atoms with Crippen LogP contribution in [0, 0.1) is 5.92 Å². The van der Waals surface area contributed by atoms with Gasteiger partial charge in [0.2, 0.25) is 0 Å². The molecule has 2 nitrogen and oxygen atoms in total. The van der Waals surface area contributed by atoms with Gasteiger partial charge in [-0.3, -0.25) is 0 Å². The monoisotopic (exact) mass is 226 g/mol. The normalized spacial score (nSPS) is 20.1. The van der Waals surface area contributed by atoms with Crippen LogP contribution >= 0.6 is 11.6 Å². The lowest BCUT2D eigenvalue weighted by molar-refractivity contribution is 0.00719. The van der Waals surface area contributed by atoms with Crippen LogP contribution in [0.4, 0.5) is 0 Å². The Morgan fingerprint density at radius 2 is 1.80 bits per heavy atom. The van der Waals surface area contributed by atoms with Crippen LogP contribution in [-0.4, -0.2) is 18.3 Å². The first-order chi connectivity index (χ1) is 7.27. The van der Waals surface area contributed by atoms with Crippen LogP contribution in [0.5, 0.6) is 0 Å². The molecule has 1 N–H and O–H groups in total. The summed E-state index contributed by atoms with van der Waals surface area (Å²) < 4.78 is 5.27. The van der Waals surface area contributed by atoms with Gasteiger partial charge in [0.1, 0.15) is 0 Å². The van der Waals surface area contributed by atoms with Crippen molar-refractivity contribution in [1.29, 1.82) is 0 Å². The van der Waals surface area contributed by atoms with E-state index in [-0.39, 0.29) is 6.10 Å². The Balaban J connectivity index is 2.05. The van der Waals surface area contributed by atoms with Crippen molar-refractivity contribution in [1.82, 2.24) is 0 Å². The molecule has 0 bridgehead atoms. The van der Waals surface area contributed by atoms with Crippen LogP contribution in [0.25, 0.3) is 0 Å². The molecular formula is C12H15ClO2. The van der Waals surface area contributed by atoms with Crippen LogP contribution < -0.4 is 0 Å². The minimum absolute atomic E-state index is 0.319. The second-order valence-corrected chi connectivity index (χ2v) is 4.38. The fourth-order valence-corrected chi connectivity index (χ4v) is 2.09. The molecular weight excluding hydrogens is 212 g/mol. The number of aliphatic hydroxyl groups is 1. The molecule has 1 aliphatic rings. The predicted molar refractivity (Wildman–Crippen MR) is 60.0 cm³/mol. The second-order valence-electron chi connectivity index (χ2n) is 3.95. The van der Waals surface area contributed by atoms with E-state index < -0.39 is 0 Å². The Hall–Kier alpha value is -0.570. The van der Waals surface area contributed by atoms with E-state index in [0.29, 0.717) is 10.9 Å². The highest BCUT2D eigenvalue weighted by molar-refractivity contribution is 6.30. The molecule has 0 aromatic heterocycles. The quantitative estimate of drug-likeness (QED) is 0.841. The van der Waals surface area contributed by atoms with E-state index in [1.807, 2.05) is 24.3 Å². The van der Waals surface area contributed by atoms with E-state index in [4.69, 9.17) is 16.3 Å². The summed E-state index contributed by atoms with van der Waals surface area (Å²) in [6.45, 7) is 1.52. The van der Waals surface area contributed by atoms with Crippen molar-refractivity contribution in [3.63, 3.8) is 0 Å². The lowest BCUT2D eigenvalue weighted by atomic mass is 9.89. The third-order valence-corrected chi connectivity index (χ3v) is 3.18. The second kappa shape index (κ2) is 4.97. The number of halogens is 1. The molecule has 2 rings (SSSR count). The predicted octanol–water partition coefficient (Wildman–Crippen LogP) is 2.80. The molecule has 1 aromatic carbocycles. The number of rotatable bonds is 2. The lowest BCUT2D eigenvalue weighted by Gasteiger charge is -2.26. The van der Waals surface area contributed by atoms with Gasteiger partial charge < -0.3 is 9.84 Å². The maximum atomic E-state index is 10.1. The zero-order valence-electron chi connectivity index (χ0n) is 8.53. The highest BCUT2D eigenvalue weighted by Gasteiger charge is 2.23. The Morgan fingerprint density at radius 3 is 2.40 bits per heavy atom. The number of benzene rings is 1. The molecule has 0 spiro atoms. The third-order valence-electron chi connectivity index (χ3n) is 2.92. The Morgan fingerprint density at radius 1 is 1.20 bits per heavy atom. The molecule has 1 heterocycles. The summed E-state index contributed by atoms with van der Waals surface area (Å²) in [5.74, 6) is 0.319. The van der Waals surface area contributed by atoms with Gasteiger partial charge >= 0.3 is 0 Å². The summed E-state index contributed by atoms with van der Waals surface area (Å²) >= 11 is 5.80. The van der Waals surface area contributed by atoms with Gasteiger partial charge in [-0.25, -0.2) is 0 Å². The van der Waals surface area contributed by atoms with Crippen molar-refractivity contribution in [3.05, 3.63) is 34.9 Å². The maximum Gasteiger partial charge on any atom is 0.0819 e. The number of aliphatic hydroxyl groups excluding tert-OH is 1. The molecule has 1 aliphatic heterocycles. The average Bonchev–Trinajstić information content (AvgIpc) is 2.30. The van der Waals surface area contributed by atoms with E-state index in [1.54, 1.807) is 0 Å². The summed E-state index contributed by atoms with van der Waals surface area (Å²) in [5.41, 5.74) is 0.950. The zero-order valence-corrected chi connectivity index (χ0v) is 9.28.